The molecule has 0 N–H and O–H groups in total. The van der Waals surface area contributed by atoms with E-state index in [4.69, 9.17) is 32.7 Å². The fourth-order valence-electron chi connectivity index (χ4n) is 2.54. The lowest BCUT2D eigenvalue weighted by atomic mass is 10.2. The Kier molecular flexibility index (Phi) is 7.65. The number of nitrogens with zero attached hydrogens (tertiary/aromatic N) is 1. The van der Waals surface area contributed by atoms with Crippen LogP contribution in [0, 0.1) is 0 Å². The zero-order valence-corrected chi connectivity index (χ0v) is 19.2. The molecule has 2 amide bonds. The van der Waals surface area contributed by atoms with Gasteiger partial charge in [-0.2, -0.15) is 0 Å². The molecule has 0 bridgehead atoms. The standard InChI is InChI=1S/C20H16BrCl2NO4S/c1-27-7-6-24-19(25)18(29-20(24)26)10-12-3-5-17(14(21)8-12)28-11-13-2-4-15(22)16(23)9-13/h2-5,8-10H,6-7,11H2,1H3/b18-10+. The topological polar surface area (TPSA) is 55.8 Å². The van der Waals surface area contributed by atoms with Gasteiger partial charge in [0, 0.05) is 7.11 Å². The van der Waals surface area contributed by atoms with Crippen LogP contribution in [0.25, 0.3) is 6.08 Å². The van der Waals surface area contributed by atoms with Crippen molar-refractivity contribution in [3.8, 4) is 5.75 Å². The number of amides is 2. The van der Waals surface area contributed by atoms with Crippen LogP contribution in [0.4, 0.5) is 4.79 Å². The molecule has 0 spiro atoms. The number of benzene rings is 2. The van der Waals surface area contributed by atoms with E-state index in [1.54, 1.807) is 24.3 Å². The van der Waals surface area contributed by atoms with Crippen LogP contribution in [0.3, 0.4) is 0 Å². The number of hydrogen-bond acceptors (Lipinski definition) is 5. The first-order chi connectivity index (χ1) is 13.9. The summed E-state index contributed by atoms with van der Waals surface area (Å²) in [6.45, 7) is 0.874. The van der Waals surface area contributed by atoms with Crippen LogP contribution in [0.1, 0.15) is 11.1 Å². The lowest BCUT2D eigenvalue weighted by molar-refractivity contribution is -0.123. The smallest absolute Gasteiger partial charge is 0.293 e. The fraction of sp³-hybridized carbons (Fsp3) is 0.200. The highest BCUT2D eigenvalue weighted by Crippen LogP contribution is 2.34. The summed E-state index contributed by atoms with van der Waals surface area (Å²) in [6.07, 6.45) is 1.69. The van der Waals surface area contributed by atoms with E-state index in [0.29, 0.717) is 33.9 Å². The average molecular weight is 517 g/mol. The van der Waals surface area contributed by atoms with E-state index in [9.17, 15) is 9.59 Å². The second kappa shape index (κ2) is 10.00. The third kappa shape index (κ3) is 5.55. The Hall–Kier alpha value is -1.51. The summed E-state index contributed by atoms with van der Waals surface area (Å²) in [5, 5.41) is 0.674. The van der Waals surface area contributed by atoms with Gasteiger partial charge in [0.05, 0.1) is 32.6 Å². The molecule has 9 heteroatoms. The average Bonchev–Trinajstić information content (AvgIpc) is 2.95. The van der Waals surface area contributed by atoms with Gasteiger partial charge in [-0.1, -0.05) is 35.3 Å². The van der Waals surface area contributed by atoms with Crippen molar-refractivity contribution in [3.05, 3.63) is 66.9 Å². The third-order valence-corrected chi connectivity index (χ3v) is 6.29. The third-order valence-electron chi connectivity index (χ3n) is 4.02. The van der Waals surface area contributed by atoms with Crippen molar-refractivity contribution >= 4 is 68.1 Å². The van der Waals surface area contributed by atoms with Crippen LogP contribution in [-0.4, -0.2) is 36.3 Å². The van der Waals surface area contributed by atoms with Crippen molar-refractivity contribution in [1.29, 1.82) is 0 Å². The molecule has 29 heavy (non-hydrogen) atoms. The van der Waals surface area contributed by atoms with E-state index in [2.05, 4.69) is 15.9 Å². The maximum atomic E-state index is 12.4. The van der Waals surface area contributed by atoms with Crippen molar-refractivity contribution in [3.63, 3.8) is 0 Å². The molecule has 1 heterocycles. The number of ether oxygens (including phenoxy) is 2. The molecule has 5 nitrogen and oxygen atoms in total. The molecule has 1 aliphatic heterocycles. The predicted molar refractivity (Wildman–Crippen MR) is 119 cm³/mol. The number of hydrogen-bond donors (Lipinski definition) is 0. The minimum Gasteiger partial charge on any atom is -0.488 e. The van der Waals surface area contributed by atoms with E-state index in [0.717, 1.165) is 27.4 Å². The molecule has 0 atom stereocenters. The van der Waals surface area contributed by atoms with Crippen molar-refractivity contribution in [2.45, 2.75) is 6.61 Å². The minimum absolute atomic E-state index is 0.240. The van der Waals surface area contributed by atoms with Gasteiger partial charge in [-0.3, -0.25) is 14.5 Å². The predicted octanol–water partition coefficient (Wildman–Crippen LogP) is 6.02. The van der Waals surface area contributed by atoms with Crippen LogP contribution in [-0.2, 0) is 16.1 Å². The number of rotatable bonds is 7. The molecule has 1 aliphatic rings. The first-order valence-electron chi connectivity index (χ1n) is 8.49. The number of methoxy groups -OCH3 is 1. The summed E-state index contributed by atoms with van der Waals surface area (Å²) in [6, 6.07) is 10.8. The van der Waals surface area contributed by atoms with Gasteiger partial charge in [-0.15, -0.1) is 0 Å². The van der Waals surface area contributed by atoms with Crippen molar-refractivity contribution in [2.24, 2.45) is 0 Å². The van der Waals surface area contributed by atoms with Crippen molar-refractivity contribution in [1.82, 2.24) is 4.90 Å². The molecule has 2 aromatic carbocycles. The number of thioether (sulfide) groups is 1. The van der Waals surface area contributed by atoms with Crippen LogP contribution in [0.2, 0.25) is 10.0 Å². The van der Waals surface area contributed by atoms with E-state index >= 15 is 0 Å². The maximum absolute atomic E-state index is 12.4. The van der Waals surface area contributed by atoms with Gasteiger partial charge in [-0.25, -0.2) is 0 Å². The summed E-state index contributed by atoms with van der Waals surface area (Å²) < 4.78 is 11.5. The molecule has 0 aliphatic carbocycles. The summed E-state index contributed by atoms with van der Waals surface area (Å²) in [7, 11) is 1.53. The van der Waals surface area contributed by atoms with Gasteiger partial charge in [0.2, 0.25) is 0 Å². The lowest BCUT2D eigenvalue weighted by Crippen LogP contribution is -2.31. The van der Waals surface area contributed by atoms with Gasteiger partial charge < -0.3 is 9.47 Å². The number of halogens is 3. The second-order valence-corrected chi connectivity index (χ2v) is 8.72. The summed E-state index contributed by atoms with van der Waals surface area (Å²) in [4.78, 5) is 26.0. The molecule has 1 saturated heterocycles. The van der Waals surface area contributed by atoms with Gasteiger partial charge in [0.1, 0.15) is 12.4 Å². The Morgan fingerprint density at radius 2 is 1.93 bits per heavy atom. The monoisotopic (exact) mass is 515 g/mol. The number of carbonyl (C=O) groups excluding carboxylic acids is 2. The molecular formula is C20H16BrCl2NO4S. The molecule has 0 unspecified atom stereocenters. The molecule has 3 rings (SSSR count). The molecule has 152 valence electrons. The molecule has 0 saturated carbocycles. The Balaban J connectivity index is 1.69. The van der Waals surface area contributed by atoms with Crippen LogP contribution in [0.15, 0.2) is 45.8 Å². The van der Waals surface area contributed by atoms with Gasteiger partial charge in [0.25, 0.3) is 11.1 Å². The fourth-order valence-corrected chi connectivity index (χ4v) is 4.24. The zero-order valence-electron chi connectivity index (χ0n) is 15.3. The number of carbonyl (C=O) groups is 2. The normalized spacial score (nSPS) is 15.4. The number of imide groups is 1. The minimum atomic E-state index is -0.312. The van der Waals surface area contributed by atoms with Crippen LogP contribution in [0.5, 0.6) is 5.75 Å². The van der Waals surface area contributed by atoms with Crippen LogP contribution >= 0.6 is 50.9 Å². The Morgan fingerprint density at radius 1 is 1.14 bits per heavy atom. The van der Waals surface area contributed by atoms with Crippen molar-refractivity contribution in [2.75, 3.05) is 20.3 Å². The van der Waals surface area contributed by atoms with E-state index < -0.39 is 0 Å². The molecular weight excluding hydrogens is 501 g/mol. The summed E-state index contributed by atoms with van der Waals surface area (Å²) in [5.74, 6) is 0.328. The highest BCUT2D eigenvalue weighted by atomic mass is 79.9. The second-order valence-electron chi connectivity index (χ2n) is 6.05. The first kappa shape index (κ1) is 22.2. The Bertz CT molecular complexity index is 983. The quantitative estimate of drug-likeness (QED) is 0.421. The highest BCUT2D eigenvalue weighted by molar-refractivity contribution is 9.10. The highest BCUT2D eigenvalue weighted by Gasteiger charge is 2.34. The molecule has 1 fully saturated rings. The summed E-state index contributed by atoms with van der Waals surface area (Å²) in [5.41, 5.74) is 1.66. The zero-order chi connectivity index (χ0) is 21.0. The Labute approximate surface area is 191 Å². The SMILES string of the molecule is COCCN1C(=O)S/C(=C/c2ccc(OCc3ccc(Cl)c(Cl)c3)c(Br)c2)C1=O. The molecule has 0 radical (unpaired) electrons. The maximum Gasteiger partial charge on any atom is 0.293 e. The Morgan fingerprint density at radius 3 is 2.62 bits per heavy atom. The van der Waals surface area contributed by atoms with E-state index in [1.807, 2.05) is 18.2 Å². The van der Waals surface area contributed by atoms with Gasteiger partial charge in [0.15, 0.2) is 0 Å². The largest absolute Gasteiger partial charge is 0.488 e. The van der Waals surface area contributed by atoms with Gasteiger partial charge in [-0.05, 0) is 69.2 Å². The summed E-state index contributed by atoms with van der Waals surface area (Å²) >= 11 is 16.3. The molecule has 0 aromatic heterocycles. The van der Waals surface area contributed by atoms with Crippen LogP contribution < -0.4 is 4.74 Å². The van der Waals surface area contributed by atoms with Gasteiger partial charge >= 0.3 is 0 Å². The molecule has 2 aromatic rings. The first-order valence-corrected chi connectivity index (χ1v) is 10.9. The van der Waals surface area contributed by atoms with E-state index in [-0.39, 0.29) is 17.7 Å². The lowest BCUT2D eigenvalue weighted by Gasteiger charge is -2.11. The van der Waals surface area contributed by atoms with E-state index in [1.165, 1.54) is 12.0 Å². The van der Waals surface area contributed by atoms with Crippen molar-refractivity contribution < 1.29 is 19.1 Å².